The van der Waals surface area contributed by atoms with Crippen molar-refractivity contribution in [2.45, 2.75) is 12.5 Å². The molecule has 0 aliphatic carbocycles. The fourth-order valence-electron chi connectivity index (χ4n) is 2.34. The van der Waals surface area contributed by atoms with E-state index in [9.17, 15) is 14.7 Å². The number of methoxy groups -OCH3 is 1. The van der Waals surface area contributed by atoms with Crippen LogP contribution in [0.5, 0.6) is 5.75 Å². The van der Waals surface area contributed by atoms with Crippen molar-refractivity contribution in [3.63, 3.8) is 0 Å². The van der Waals surface area contributed by atoms with Crippen LogP contribution >= 0.6 is 23.2 Å². The summed E-state index contributed by atoms with van der Waals surface area (Å²) in [5, 5.41) is 15.1. The summed E-state index contributed by atoms with van der Waals surface area (Å²) in [6.45, 7) is 0.146. The smallest absolute Gasteiger partial charge is 0.315 e. The normalized spacial score (nSPS) is 11.5. The van der Waals surface area contributed by atoms with Crippen LogP contribution in [0.15, 0.2) is 42.5 Å². The summed E-state index contributed by atoms with van der Waals surface area (Å²) >= 11 is 12.1. The first kappa shape index (κ1) is 19.9. The van der Waals surface area contributed by atoms with Crippen LogP contribution in [0.25, 0.3) is 0 Å². The summed E-state index contributed by atoms with van der Waals surface area (Å²) in [5.74, 6) is -1.46. The number of aliphatic carboxylic acids is 1. The van der Waals surface area contributed by atoms with E-state index in [-0.39, 0.29) is 22.2 Å². The highest BCUT2D eigenvalue weighted by Crippen LogP contribution is 2.31. The lowest BCUT2D eigenvalue weighted by Crippen LogP contribution is -2.39. The van der Waals surface area contributed by atoms with Crippen molar-refractivity contribution in [3.05, 3.63) is 63.6 Å². The Balaban J connectivity index is 1.94. The lowest BCUT2D eigenvalue weighted by atomic mass is 9.99. The monoisotopic (exact) mass is 396 g/mol. The van der Waals surface area contributed by atoms with Gasteiger partial charge in [0.1, 0.15) is 11.7 Å². The van der Waals surface area contributed by atoms with Gasteiger partial charge in [-0.2, -0.15) is 0 Å². The largest absolute Gasteiger partial charge is 0.497 e. The minimum Gasteiger partial charge on any atom is -0.497 e. The second-order valence-corrected chi connectivity index (χ2v) is 6.25. The van der Waals surface area contributed by atoms with E-state index in [0.717, 1.165) is 11.3 Å². The van der Waals surface area contributed by atoms with Gasteiger partial charge < -0.3 is 20.5 Å². The number of halogens is 2. The number of carboxylic acid groups (broad SMARTS) is 1. The predicted molar refractivity (Wildman–Crippen MR) is 100 cm³/mol. The average Bonchev–Trinajstić information content (AvgIpc) is 2.62. The molecule has 0 aliphatic rings. The van der Waals surface area contributed by atoms with Gasteiger partial charge in [-0.15, -0.1) is 0 Å². The van der Waals surface area contributed by atoms with Gasteiger partial charge in [0, 0.05) is 28.7 Å². The van der Waals surface area contributed by atoms with Crippen molar-refractivity contribution >= 4 is 35.2 Å². The van der Waals surface area contributed by atoms with Gasteiger partial charge in [-0.05, 0) is 29.8 Å². The number of carboxylic acids is 1. The average molecular weight is 397 g/mol. The molecule has 2 rings (SSSR count). The number of carbonyl (C=O) groups excluding carboxylic acids is 1. The lowest BCUT2D eigenvalue weighted by molar-refractivity contribution is -0.138. The molecule has 1 atom stereocenters. The number of nitrogens with one attached hydrogen (secondary N) is 2. The van der Waals surface area contributed by atoms with Crippen LogP contribution in [-0.4, -0.2) is 30.8 Å². The first-order valence-electron chi connectivity index (χ1n) is 7.73. The van der Waals surface area contributed by atoms with Gasteiger partial charge >= 0.3 is 12.0 Å². The second kappa shape index (κ2) is 9.31. The molecule has 0 radical (unpaired) electrons. The number of hydrogen-bond acceptors (Lipinski definition) is 3. The molecule has 6 nitrogen and oxygen atoms in total. The number of carbonyl (C=O) groups is 2. The van der Waals surface area contributed by atoms with Crippen LogP contribution in [0.1, 0.15) is 17.0 Å². The molecule has 0 fully saturated rings. The second-order valence-electron chi connectivity index (χ2n) is 5.44. The van der Waals surface area contributed by atoms with Crippen LogP contribution in [0.2, 0.25) is 10.0 Å². The summed E-state index contributed by atoms with van der Waals surface area (Å²) in [4.78, 5) is 23.5. The first-order valence-corrected chi connectivity index (χ1v) is 8.49. The number of ether oxygens (including phenoxy) is 1. The van der Waals surface area contributed by atoms with Crippen LogP contribution in [0.4, 0.5) is 4.79 Å². The third-order valence-corrected chi connectivity index (χ3v) is 4.38. The summed E-state index contributed by atoms with van der Waals surface area (Å²) < 4.78 is 5.07. The van der Waals surface area contributed by atoms with Crippen molar-refractivity contribution < 1.29 is 19.4 Å². The Hall–Kier alpha value is -2.44. The maximum atomic E-state index is 12.0. The number of rotatable bonds is 7. The molecule has 0 heterocycles. The van der Waals surface area contributed by atoms with Gasteiger partial charge in [0.25, 0.3) is 0 Å². The molecule has 26 heavy (non-hydrogen) atoms. The van der Waals surface area contributed by atoms with E-state index in [1.54, 1.807) is 37.4 Å². The highest BCUT2D eigenvalue weighted by atomic mass is 35.5. The van der Waals surface area contributed by atoms with Crippen molar-refractivity contribution in [1.29, 1.82) is 0 Å². The van der Waals surface area contributed by atoms with Crippen LogP contribution < -0.4 is 15.4 Å². The fraction of sp³-hybridized carbons (Fsp3) is 0.222. The Bertz CT molecular complexity index is 761. The van der Waals surface area contributed by atoms with Crippen molar-refractivity contribution in [1.82, 2.24) is 10.6 Å². The third-order valence-electron chi connectivity index (χ3n) is 3.73. The standard InChI is InChI=1S/C18H18Cl2N2O4/c1-26-12-7-5-11(6-8-12)9-21-18(25)22-10-13(17(23)24)16-14(19)3-2-4-15(16)20/h2-8,13H,9-10H2,1H3,(H,23,24)(H2,21,22,25). The van der Waals surface area contributed by atoms with Gasteiger partial charge in [0.05, 0.1) is 7.11 Å². The molecule has 2 aromatic carbocycles. The van der Waals surface area contributed by atoms with E-state index in [0.29, 0.717) is 6.54 Å². The molecule has 0 aliphatic heterocycles. The van der Waals surface area contributed by atoms with Crippen molar-refractivity contribution in [2.75, 3.05) is 13.7 Å². The van der Waals surface area contributed by atoms with E-state index < -0.39 is 17.9 Å². The Morgan fingerprint density at radius 2 is 1.69 bits per heavy atom. The SMILES string of the molecule is COc1ccc(CNC(=O)NCC(C(=O)O)c2c(Cl)cccc2Cl)cc1. The molecule has 0 spiro atoms. The number of hydrogen-bond donors (Lipinski definition) is 3. The van der Waals surface area contributed by atoms with Gasteiger partial charge in [-0.3, -0.25) is 4.79 Å². The van der Waals surface area contributed by atoms with Crippen molar-refractivity contribution in [3.8, 4) is 5.75 Å². The Kier molecular flexibility index (Phi) is 7.12. The van der Waals surface area contributed by atoms with Gasteiger partial charge in [-0.1, -0.05) is 41.4 Å². The summed E-state index contributed by atoms with van der Waals surface area (Å²) in [6.07, 6.45) is 0. The van der Waals surface area contributed by atoms with Gasteiger partial charge in [0.15, 0.2) is 0 Å². The minimum absolute atomic E-state index is 0.146. The molecule has 8 heteroatoms. The molecular formula is C18H18Cl2N2O4. The molecular weight excluding hydrogens is 379 g/mol. The Labute approximate surface area is 161 Å². The molecule has 0 saturated heterocycles. The molecule has 0 saturated carbocycles. The van der Waals surface area contributed by atoms with E-state index in [4.69, 9.17) is 27.9 Å². The topological polar surface area (TPSA) is 87.7 Å². The van der Waals surface area contributed by atoms with Gasteiger partial charge in [-0.25, -0.2) is 4.79 Å². The zero-order valence-corrected chi connectivity index (χ0v) is 15.5. The maximum absolute atomic E-state index is 12.0. The summed E-state index contributed by atoms with van der Waals surface area (Å²) in [6, 6.07) is 11.5. The first-order chi connectivity index (χ1) is 12.4. The maximum Gasteiger partial charge on any atom is 0.315 e. The predicted octanol–water partition coefficient (Wildman–Crippen LogP) is 3.67. The van der Waals surface area contributed by atoms with E-state index in [2.05, 4.69) is 10.6 Å². The highest BCUT2D eigenvalue weighted by molar-refractivity contribution is 6.36. The van der Waals surface area contributed by atoms with E-state index in [1.807, 2.05) is 12.1 Å². The third kappa shape index (κ3) is 5.28. The van der Waals surface area contributed by atoms with Gasteiger partial charge in [0.2, 0.25) is 0 Å². The van der Waals surface area contributed by atoms with Crippen LogP contribution in [0, 0.1) is 0 Å². The highest BCUT2D eigenvalue weighted by Gasteiger charge is 2.25. The Morgan fingerprint density at radius 3 is 2.23 bits per heavy atom. The van der Waals surface area contributed by atoms with E-state index in [1.165, 1.54) is 0 Å². The number of amides is 2. The summed E-state index contributed by atoms with van der Waals surface area (Å²) in [7, 11) is 1.57. The number of benzene rings is 2. The number of urea groups is 1. The zero-order chi connectivity index (χ0) is 19.1. The molecule has 138 valence electrons. The quantitative estimate of drug-likeness (QED) is 0.665. The molecule has 0 bridgehead atoms. The molecule has 2 aromatic rings. The van der Waals surface area contributed by atoms with Crippen LogP contribution in [-0.2, 0) is 11.3 Å². The molecule has 3 N–H and O–H groups in total. The molecule has 1 unspecified atom stereocenters. The molecule has 0 aromatic heterocycles. The summed E-state index contributed by atoms with van der Waals surface area (Å²) in [5.41, 5.74) is 1.16. The fourth-order valence-corrected chi connectivity index (χ4v) is 3.00. The lowest BCUT2D eigenvalue weighted by Gasteiger charge is -2.17. The minimum atomic E-state index is -1.13. The Morgan fingerprint density at radius 1 is 1.08 bits per heavy atom. The molecule has 2 amide bonds. The van der Waals surface area contributed by atoms with Crippen LogP contribution in [0.3, 0.4) is 0 Å². The zero-order valence-electron chi connectivity index (χ0n) is 14.0. The van der Waals surface area contributed by atoms with E-state index >= 15 is 0 Å². The van der Waals surface area contributed by atoms with Crippen molar-refractivity contribution in [2.24, 2.45) is 0 Å².